The van der Waals surface area contributed by atoms with Gasteiger partial charge < -0.3 is 15.0 Å². The van der Waals surface area contributed by atoms with E-state index in [4.69, 9.17) is 4.74 Å². The Labute approximate surface area is 159 Å². The van der Waals surface area contributed by atoms with Gasteiger partial charge in [0.15, 0.2) is 0 Å². The lowest BCUT2D eigenvalue weighted by atomic mass is 10.1. The maximum atomic E-state index is 12.6. The third-order valence-corrected chi connectivity index (χ3v) is 5.33. The van der Waals surface area contributed by atoms with Crippen molar-refractivity contribution in [3.05, 3.63) is 53.8 Å². The quantitative estimate of drug-likeness (QED) is 0.834. The van der Waals surface area contributed by atoms with Gasteiger partial charge in [-0.05, 0) is 50.6 Å². The Morgan fingerprint density at radius 2 is 2.04 bits per heavy atom. The molecule has 0 saturated heterocycles. The van der Waals surface area contributed by atoms with Gasteiger partial charge in [-0.3, -0.25) is 4.79 Å². The van der Waals surface area contributed by atoms with Crippen LogP contribution in [0, 0.1) is 0 Å². The lowest BCUT2D eigenvalue weighted by Crippen LogP contribution is -2.38. The van der Waals surface area contributed by atoms with Crippen LogP contribution in [-0.2, 0) is 14.8 Å². The van der Waals surface area contributed by atoms with Gasteiger partial charge >= 0.3 is 0 Å². The molecule has 2 aliphatic rings. The molecule has 7 nitrogen and oxygen atoms in total. The van der Waals surface area contributed by atoms with Gasteiger partial charge in [0, 0.05) is 12.7 Å². The summed E-state index contributed by atoms with van der Waals surface area (Å²) >= 11 is 0. The average molecular weight is 389 g/mol. The number of carbonyl (C=O) groups is 1. The predicted molar refractivity (Wildman–Crippen MR) is 104 cm³/mol. The summed E-state index contributed by atoms with van der Waals surface area (Å²) in [6.07, 6.45) is 4.84. The summed E-state index contributed by atoms with van der Waals surface area (Å²) in [5.74, 6) is 0.802. The van der Waals surface area contributed by atoms with Crippen LogP contribution >= 0.6 is 0 Å². The van der Waals surface area contributed by atoms with Gasteiger partial charge in [0.1, 0.15) is 11.6 Å². The number of fused-ring (bicyclic) bond motifs is 1. The van der Waals surface area contributed by atoms with Crippen molar-refractivity contribution in [1.82, 2.24) is 10.2 Å². The first-order valence-electron chi connectivity index (χ1n) is 8.80. The van der Waals surface area contributed by atoms with Crippen LogP contribution in [0.4, 0.5) is 0 Å². The second-order valence-electron chi connectivity index (χ2n) is 6.78. The molecule has 0 bridgehead atoms. The molecule has 0 spiro atoms. The van der Waals surface area contributed by atoms with E-state index in [0.29, 0.717) is 11.4 Å². The van der Waals surface area contributed by atoms with Crippen molar-refractivity contribution in [2.24, 2.45) is 4.40 Å². The summed E-state index contributed by atoms with van der Waals surface area (Å²) in [7, 11) is -3.41. The maximum absolute atomic E-state index is 12.6. The van der Waals surface area contributed by atoms with E-state index >= 15 is 0 Å². The number of amides is 1. The van der Waals surface area contributed by atoms with Gasteiger partial charge in [-0.1, -0.05) is 12.1 Å². The van der Waals surface area contributed by atoms with Crippen LogP contribution < -0.4 is 10.1 Å². The summed E-state index contributed by atoms with van der Waals surface area (Å²) in [4.78, 5) is 14.3. The van der Waals surface area contributed by atoms with Gasteiger partial charge in [0.05, 0.1) is 23.5 Å². The monoisotopic (exact) mass is 389 g/mol. The number of nitrogens with one attached hydrogen (secondary N) is 1. The molecule has 27 heavy (non-hydrogen) atoms. The maximum Gasteiger partial charge on any atom is 0.256 e. The molecule has 3 rings (SSSR count). The summed E-state index contributed by atoms with van der Waals surface area (Å²) in [5.41, 5.74) is 1.39. The molecule has 1 aromatic carbocycles. The van der Waals surface area contributed by atoms with Crippen LogP contribution in [0.15, 0.2) is 52.6 Å². The molecule has 8 heteroatoms. The highest BCUT2D eigenvalue weighted by Crippen LogP contribution is 2.21. The molecular formula is C19H23N3O4S. The van der Waals surface area contributed by atoms with E-state index in [-0.39, 0.29) is 30.4 Å². The smallest absolute Gasteiger partial charge is 0.256 e. The fourth-order valence-corrected chi connectivity index (χ4v) is 3.80. The molecule has 0 aliphatic carbocycles. The molecular weight excluding hydrogens is 366 g/mol. The van der Waals surface area contributed by atoms with Crippen LogP contribution in [0.3, 0.4) is 0 Å². The minimum Gasteiger partial charge on any atom is -0.491 e. The van der Waals surface area contributed by atoms with Crippen LogP contribution in [0.25, 0.3) is 0 Å². The second-order valence-corrected chi connectivity index (χ2v) is 8.54. The van der Waals surface area contributed by atoms with Crippen molar-refractivity contribution in [2.45, 2.75) is 32.9 Å². The normalized spacial score (nSPS) is 19.0. The molecule has 0 fully saturated rings. The molecule has 0 saturated carbocycles. The van der Waals surface area contributed by atoms with E-state index in [0.717, 1.165) is 11.3 Å². The number of sulfonamides is 1. The number of carbonyl (C=O) groups excluding carboxylic acids is 1. The molecule has 2 heterocycles. The number of benzene rings is 1. The summed E-state index contributed by atoms with van der Waals surface area (Å²) in [6, 6.07) is 7.42. The first-order chi connectivity index (χ1) is 12.7. The minimum atomic E-state index is -3.41. The number of rotatable bonds is 5. The minimum absolute atomic E-state index is 0.0607. The highest BCUT2D eigenvalue weighted by molar-refractivity contribution is 7.90. The molecule has 0 aromatic heterocycles. The topological polar surface area (TPSA) is 88.1 Å². The zero-order valence-corrected chi connectivity index (χ0v) is 16.4. The number of amidine groups is 1. The Morgan fingerprint density at radius 3 is 2.78 bits per heavy atom. The third-order valence-electron chi connectivity index (χ3n) is 4.16. The van der Waals surface area contributed by atoms with Gasteiger partial charge in [-0.2, -0.15) is 0 Å². The van der Waals surface area contributed by atoms with E-state index in [9.17, 15) is 13.2 Å². The lowest BCUT2D eigenvalue weighted by molar-refractivity contribution is -0.117. The first-order valence-corrected chi connectivity index (χ1v) is 10.4. The van der Waals surface area contributed by atoms with Gasteiger partial charge in [-0.25, -0.2) is 8.42 Å². The van der Waals surface area contributed by atoms with Crippen molar-refractivity contribution in [1.29, 1.82) is 0 Å². The lowest BCUT2D eigenvalue weighted by Gasteiger charge is -2.27. The number of hydrogen-bond donors (Lipinski definition) is 1. The van der Waals surface area contributed by atoms with E-state index in [1.165, 1.54) is 0 Å². The molecule has 2 aliphatic heterocycles. The Morgan fingerprint density at radius 1 is 1.26 bits per heavy atom. The Bertz CT molecular complexity index is 932. The van der Waals surface area contributed by atoms with E-state index in [2.05, 4.69) is 9.71 Å². The standard InChI is InChI=1S/C19H23N3O4S/c1-13(2)26-17-6-4-5-15(11-17)14(3)20-19(23)16-7-8-18-21-27(24,25)10-9-22(18)12-16/h4-8,11-14H,9-10H2,1-3H3,(H,20,23)/t14-/m1/s1. The molecule has 144 valence electrons. The highest BCUT2D eigenvalue weighted by Gasteiger charge is 2.25. The average Bonchev–Trinajstić information content (AvgIpc) is 2.60. The number of ether oxygens (including phenoxy) is 1. The third kappa shape index (κ3) is 4.77. The Kier molecular flexibility index (Phi) is 5.36. The summed E-state index contributed by atoms with van der Waals surface area (Å²) in [5, 5.41) is 2.96. The van der Waals surface area contributed by atoms with Crippen molar-refractivity contribution in [3.8, 4) is 5.75 Å². The van der Waals surface area contributed by atoms with Gasteiger partial charge in [-0.15, -0.1) is 4.40 Å². The second kappa shape index (κ2) is 7.56. The summed E-state index contributed by atoms with van der Waals surface area (Å²) < 4.78 is 32.5. The largest absolute Gasteiger partial charge is 0.491 e. The van der Waals surface area contributed by atoms with Crippen molar-refractivity contribution in [3.63, 3.8) is 0 Å². The summed E-state index contributed by atoms with van der Waals surface area (Å²) in [6.45, 7) is 6.11. The van der Waals surface area contributed by atoms with Crippen LogP contribution in [-0.4, -0.2) is 43.5 Å². The molecule has 1 N–H and O–H groups in total. The molecule has 0 unspecified atom stereocenters. The van der Waals surface area contributed by atoms with Crippen molar-refractivity contribution < 1.29 is 17.9 Å². The number of nitrogens with zero attached hydrogens (tertiary/aromatic N) is 2. The fourth-order valence-electron chi connectivity index (χ4n) is 2.83. The zero-order chi connectivity index (χ0) is 19.6. The zero-order valence-electron chi connectivity index (χ0n) is 15.5. The van der Waals surface area contributed by atoms with Crippen LogP contribution in [0.1, 0.15) is 32.4 Å². The van der Waals surface area contributed by atoms with Crippen molar-refractivity contribution >= 4 is 21.8 Å². The van der Waals surface area contributed by atoms with E-state index < -0.39 is 10.0 Å². The molecule has 1 atom stereocenters. The fraction of sp³-hybridized carbons (Fsp3) is 0.368. The van der Waals surface area contributed by atoms with Gasteiger partial charge in [0.2, 0.25) is 0 Å². The Hall–Kier alpha value is -2.61. The van der Waals surface area contributed by atoms with Crippen LogP contribution in [0.5, 0.6) is 5.75 Å². The SMILES string of the molecule is CC(C)Oc1cccc([C@@H](C)NC(=O)C2=CN3CCS(=O)(=O)N=C3C=C2)c1. The highest BCUT2D eigenvalue weighted by atomic mass is 32.2. The molecule has 1 amide bonds. The van der Waals surface area contributed by atoms with Gasteiger partial charge in [0.25, 0.3) is 15.9 Å². The molecule has 1 aromatic rings. The van der Waals surface area contributed by atoms with E-state index in [1.807, 2.05) is 45.0 Å². The number of hydrogen-bond acceptors (Lipinski definition) is 5. The first kappa shape index (κ1) is 19.2. The van der Waals surface area contributed by atoms with Crippen molar-refractivity contribution in [2.75, 3.05) is 12.3 Å². The van der Waals surface area contributed by atoms with E-state index in [1.54, 1.807) is 23.3 Å². The van der Waals surface area contributed by atoms with Crippen LogP contribution in [0.2, 0.25) is 0 Å². The predicted octanol–water partition coefficient (Wildman–Crippen LogP) is 2.15. The molecule has 0 radical (unpaired) electrons. The Balaban J connectivity index is 1.69.